The molecule has 186 valence electrons. The minimum Gasteiger partial charge on any atom is -0.485 e. The minimum absolute atomic E-state index is 0.143. The molecule has 0 aliphatic carbocycles. The van der Waals surface area contributed by atoms with Crippen molar-refractivity contribution in [2.24, 2.45) is 7.05 Å². The molecular formula is C30H38N2O3. The number of aryl methyl sites for hydroxylation is 1. The molecule has 0 aliphatic rings. The summed E-state index contributed by atoms with van der Waals surface area (Å²) in [5, 5.41) is 4.30. The van der Waals surface area contributed by atoms with E-state index in [2.05, 4.69) is 50.4 Å². The average Bonchev–Trinajstić information content (AvgIpc) is 2.83. The Bertz CT molecular complexity index is 1250. The van der Waals surface area contributed by atoms with Crippen molar-refractivity contribution in [3.8, 4) is 11.5 Å². The van der Waals surface area contributed by atoms with E-state index in [4.69, 9.17) is 9.47 Å². The molecular weight excluding hydrogens is 436 g/mol. The van der Waals surface area contributed by atoms with Crippen molar-refractivity contribution in [2.75, 3.05) is 11.9 Å². The molecule has 0 atom stereocenters. The second-order valence-electron chi connectivity index (χ2n) is 9.44. The van der Waals surface area contributed by atoms with Gasteiger partial charge in [0, 0.05) is 24.7 Å². The molecule has 1 heterocycles. The zero-order valence-electron chi connectivity index (χ0n) is 21.9. The first-order valence-electron chi connectivity index (χ1n) is 12.3. The lowest BCUT2D eigenvalue weighted by molar-refractivity contribution is 0.222. The predicted molar refractivity (Wildman–Crippen MR) is 147 cm³/mol. The normalized spacial score (nSPS) is 11.6. The van der Waals surface area contributed by atoms with Gasteiger partial charge in [-0.15, -0.1) is 0 Å². The van der Waals surface area contributed by atoms with Gasteiger partial charge in [0.1, 0.15) is 6.61 Å². The molecule has 0 saturated carbocycles. The first-order valence-corrected chi connectivity index (χ1v) is 12.3. The van der Waals surface area contributed by atoms with Crippen LogP contribution in [0.5, 0.6) is 11.5 Å². The lowest BCUT2D eigenvalue weighted by atomic mass is 10.1. The van der Waals surface area contributed by atoms with Crippen molar-refractivity contribution in [2.45, 2.75) is 60.1 Å². The molecule has 0 radical (unpaired) electrons. The molecule has 5 nitrogen and oxygen atoms in total. The number of hydrogen-bond acceptors (Lipinski definition) is 4. The largest absolute Gasteiger partial charge is 0.485 e. The van der Waals surface area contributed by atoms with Gasteiger partial charge in [-0.25, -0.2) is 0 Å². The van der Waals surface area contributed by atoms with E-state index in [1.54, 1.807) is 11.6 Å². The van der Waals surface area contributed by atoms with Gasteiger partial charge < -0.3 is 19.4 Å². The van der Waals surface area contributed by atoms with Crippen molar-refractivity contribution < 1.29 is 9.47 Å². The summed E-state index contributed by atoms with van der Waals surface area (Å²) in [6, 6.07) is 16.2. The number of aromatic nitrogens is 1. The molecule has 3 rings (SSSR count). The number of nitrogens with zero attached hydrogens (tertiary/aromatic N) is 1. The summed E-state index contributed by atoms with van der Waals surface area (Å²) in [7, 11) is 1.77. The summed E-state index contributed by atoms with van der Waals surface area (Å²) in [6.07, 6.45) is 6.18. The zero-order chi connectivity index (χ0) is 25.4. The Morgan fingerprint density at radius 1 is 1.03 bits per heavy atom. The van der Waals surface area contributed by atoms with Crippen LogP contribution < -0.4 is 20.3 Å². The summed E-state index contributed by atoms with van der Waals surface area (Å²) in [4.78, 5) is 13.2. The second kappa shape index (κ2) is 12.3. The molecule has 0 bridgehead atoms. The molecule has 0 amide bonds. The second-order valence-corrected chi connectivity index (χ2v) is 9.44. The van der Waals surface area contributed by atoms with E-state index in [0.717, 1.165) is 29.4 Å². The third kappa shape index (κ3) is 7.25. The standard InChI is InChI=1S/C30H38N2O3/c1-21(2)11-10-12-23(5)17-18-34-28-26-16-15-25(31-20-24-13-8-7-9-14-24)19-27(26)32(6)30(33)29(28)35-22(3)4/h7-9,11,13-17,19,22,31H,10,12,18,20H2,1-6H3. The quantitative estimate of drug-likeness (QED) is 0.304. The van der Waals surface area contributed by atoms with Crippen LogP contribution in [0.2, 0.25) is 0 Å². The van der Waals surface area contributed by atoms with Gasteiger partial charge >= 0.3 is 0 Å². The number of fused-ring (bicyclic) bond motifs is 1. The van der Waals surface area contributed by atoms with Gasteiger partial charge in [0.05, 0.1) is 11.6 Å². The van der Waals surface area contributed by atoms with Gasteiger partial charge in [0.2, 0.25) is 5.75 Å². The van der Waals surface area contributed by atoms with Crippen molar-refractivity contribution >= 4 is 16.6 Å². The Kier molecular flexibility index (Phi) is 9.18. The van der Waals surface area contributed by atoms with Crippen LogP contribution in [-0.4, -0.2) is 17.3 Å². The highest BCUT2D eigenvalue weighted by atomic mass is 16.5. The summed E-state index contributed by atoms with van der Waals surface area (Å²) in [5.41, 5.74) is 5.31. The monoisotopic (exact) mass is 474 g/mol. The van der Waals surface area contributed by atoms with E-state index in [-0.39, 0.29) is 17.4 Å². The van der Waals surface area contributed by atoms with Gasteiger partial charge in [-0.1, -0.05) is 47.6 Å². The lowest BCUT2D eigenvalue weighted by Gasteiger charge is -2.19. The van der Waals surface area contributed by atoms with Crippen LogP contribution in [0.3, 0.4) is 0 Å². The van der Waals surface area contributed by atoms with Crippen molar-refractivity contribution in [1.29, 1.82) is 0 Å². The van der Waals surface area contributed by atoms with E-state index in [0.29, 0.717) is 18.9 Å². The van der Waals surface area contributed by atoms with Gasteiger partial charge in [0.25, 0.3) is 5.56 Å². The maximum absolute atomic E-state index is 13.2. The molecule has 1 N–H and O–H groups in total. The first-order chi connectivity index (χ1) is 16.8. The highest BCUT2D eigenvalue weighted by Gasteiger charge is 2.19. The summed E-state index contributed by atoms with van der Waals surface area (Å²) >= 11 is 0. The molecule has 0 unspecified atom stereocenters. The number of ether oxygens (including phenoxy) is 2. The summed E-state index contributed by atoms with van der Waals surface area (Å²) in [5.74, 6) is 0.760. The molecule has 2 aromatic carbocycles. The SMILES string of the molecule is CC(C)=CCCC(C)=CCOc1c(OC(C)C)c(=O)n(C)c2cc(NCc3ccccc3)ccc12. The molecule has 0 saturated heterocycles. The van der Waals surface area contributed by atoms with Crippen molar-refractivity contribution in [3.05, 3.63) is 87.7 Å². The highest BCUT2D eigenvalue weighted by Crippen LogP contribution is 2.34. The Morgan fingerprint density at radius 2 is 1.77 bits per heavy atom. The Labute approximate surface area is 209 Å². The maximum atomic E-state index is 13.2. The van der Waals surface area contributed by atoms with Gasteiger partial charge in [0.15, 0.2) is 5.75 Å². The fourth-order valence-corrected chi connectivity index (χ4v) is 3.83. The van der Waals surface area contributed by atoms with Crippen LogP contribution in [0, 0.1) is 0 Å². The maximum Gasteiger partial charge on any atom is 0.297 e. The van der Waals surface area contributed by atoms with E-state index in [9.17, 15) is 4.79 Å². The number of rotatable bonds is 11. The fourth-order valence-electron chi connectivity index (χ4n) is 3.83. The number of nitrogens with one attached hydrogen (secondary N) is 1. The predicted octanol–water partition coefficient (Wildman–Crippen LogP) is 7.01. The van der Waals surface area contributed by atoms with Crippen LogP contribution in [0.25, 0.3) is 10.9 Å². The molecule has 5 heteroatoms. The Balaban J connectivity index is 1.90. The van der Waals surface area contributed by atoms with E-state index < -0.39 is 0 Å². The molecule has 1 aromatic heterocycles. The Morgan fingerprint density at radius 3 is 2.46 bits per heavy atom. The first kappa shape index (κ1) is 26.1. The third-order valence-corrected chi connectivity index (χ3v) is 5.75. The molecule has 0 aliphatic heterocycles. The molecule has 0 spiro atoms. The van der Waals surface area contributed by atoms with Crippen molar-refractivity contribution in [1.82, 2.24) is 4.57 Å². The number of pyridine rings is 1. The smallest absolute Gasteiger partial charge is 0.297 e. The number of benzene rings is 2. The van der Waals surface area contributed by atoms with Gasteiger partial charge in [-0.05, 0) is 77.3 Å². The average molecular weight is 475 g/mol. The fraction of sp³-hybridized carbons (Fsp3) is 0.367. The number of hydrogen-bond donors (Lipinski definition) is 1. The van der Waals surface area contributed by atoms with Crippen LogP contribution >= 0.6 is 0 Å². The third-order valence-electron chi connectivity index (χ3n) is 5.75. The van der Waals surface area contributed by atoms with Crippen LogP contribution in [0.1, 0.15) is 53.0 Å². The zero-order valence-corrected chi connectivity index (χ0v) is 21.9. The molecule has 35 heavy (non-hydrogen) atoms. The van der Waals surface area contributed by atoms with E-state index in [1.165, 1.54) is 16.7 Å². The topological polar surface area (TPSA) is 52.5 Å². The van der Waals surface area contributed by atoms with E-state index in [1.807, 2.05) is 50.2 Å². The van der Waals surface area contributed by atoms with Crippen LogP contribution in [0.15, 0.2) is 76.6 Å². The highest BCUT2D eigenvalue weighted by molar-refractivity contribution is 5.90. The van der Waals surface area contributed by atoms with Crippen molar-refractivity contribution in [3.63, 3.8) is 0 Å². The van der Waals surface area contributed by atoms with Gasteiger partial charge in [-0.3, -0.25) is 4.79 Å². The summed E-state index contributed by atoms with van der Waals surface area (Å²) in [6.45, 7) is 11.2. The molecule has 3 aromatic rings. The number of allylic oxidation sites excluding steroid dienone is 3. The van der Waals surface area contributed by atoms with Crippen LogP contribution in [-0.2, 0) is 13.6 Å². The Hall–Kier alpha value is -3.47. The van der Waals surface area contributed by atoms with E-state index >= 15 is 0 Å². The lowest BCUT2D eigenvalue weighted by Crippen LogP contribution is -2.23. The van der Waals surface area contributed by atoms with Crippen LogP contribution in [0.4, 0.5) is 5.69 Å². The number of anilines is 1. The molecule has 0 fully saturated rings. The van der Waals surface area contributed by atoms with Gasteiger partial charge in [-0.2, -0.15) is 0 Å². The minimum atomic E-state index is -0.203. The summed E-state index contributed by atoms with van der Waals surface area (Å²) < 4.78 is 13.8.